The Morgan fingerprint density at radius 2 is 1.73 bits per heavy atom. The summed E-state index contributed by atoms with van der Waals surface area (Å²) < 4.78 is 0. The molecule has 1 aromatic heterocycles. The number of rotatable bonds is 1. The van der Waals surface area contributed by atoms with Crippen LogP contribution in [-0.2, 0) is 0 Å². The van der Waals surface area contributed by atoms with Crippen LogP contribution in [0.25, 0.3) is 10.9 Å². The minimum atomic E-state index is 0.563. The topological polar surface area (TPSA) is 12.9 Å². The van der Waals surface area contributed by atoms with Gasteiger partial charge in [0.1, 0.15) is 0 Å². The Labute approximate surface area is 92.2 Å². The number of hydrogen-bond donors (Lipinski definition) is 0. The van der Waals surface area contributed by atoms with Crippen molar-refractivity contribution in [3.63, 3.8) is 0 Å². The van der Waals surface area contributed by atoms with Gasteiger partial charge in [-0.2, -0.15) is 0 Å². The van der Waals surface area contributed by atoms with Crippen LogP contribution in [0.5, 0.6) is 0 Å². The number of benzene rings is 1. The van der Waals surface area contributed by atoms with Crippen LogP contribution in [0.2, 0.25) is 0 Å². The molecule has 2 rings (SSSR count). The van der Waals surface area contributed by atoms with Crippen LogP contribution >= 0.6 is 0 Å². The number of pyridine rings is 1. The molecule has 0 bridgehead atoms. The second-order valence-corrected chi connectivity index (χ2v) is 3.57. The Morgan fingerprint density at radius 3 is 2.40 bits per heavy atom. The highest BCUT2D eigenvalue weighted by Crippen LogP contribution is 2.23. The quantitative estimate of drug-likeness (QED) is 0.667. The van der Waals surface area contributed by atoms with E-state index < -0.39 is 0 Å². The Balaban J connectivity index is 0.000000531. The molecule has 0 spiro atoms. The first kappa shape index (κ1) is 11.7. The summed E-state index contributed by atoms with van der Waals surface area (Å²) in [6, 6.07) is 10.4. The molecule has 0 unspecified atom stereocenters. The summed E-state index contributed by atoms with van der Waals surface area (Å²) in [6.07, 6.45) is 1.84. The summed E-state index contributed by atoms with van der Waals surface area (Å²) in [6.45, 7) is 8.42. The van der Waals surface area contributed by atoms with E-state index in [0.29, 0.717) is 5.92 Å². The molecule has 1 heteroatoms. The van der Waals surface area contributed by atoms with E-state index in [-0.39, 0.29) is 0 Å². The first-order chi connectivity index (χ1) is 7.29. The fraction of sp³-hybridized carbons (Fsp3) is 0.357. The summed E-state index contributed by atoms with van der Waals surface area (Å²) in [5.74, 6) is 0.563. The average Bonchev–Trinajstić information content (AvgIpc) is 2.31. The third-order valence-corrected chi connectivity index (χ3v) is 2.30. The zero-order valence-electron chi connectivity index (χ0n) is 9.99. The number of aromatic nitrogens is 1. The van der Waals surface area contributed by atoms with Crippen molar-refractivity contribution in [1.29, 1.82) is 0 Å². The molecule has 1 nitrogen and oxygen atoms in total. The van der Waals surface area contributed by atoms with Crippen LogP contribution in [0.1, 0.15) is 39.2 Å². The number of hydrogen-bond acceptors (Lipinski definition) is 1. The van der Waals surface area contributed by atoms with E-state index in [2.05, 4.69) is 43.1 Å². The van der Waals surface area contributed by atoms with Crippen LogP contribution in [0.15, 0.2) is 36.5 Å². The van der Waals surface area contributed by atoms with Crippen LogP contribution in [0.3, 0.4) is 0 Å². The largest absolute Gasteiger partial charge is 0.256 e. The van der Waals surface area contributed by atoms with Gasteiger partial charge < -0.3 is 0 Å². The molecule has 1 aromatic carbocycles. The maximum Gasteiger partial charge on any atom is 0.0704 e. The first-order valence-corrected chi connectivity index (χ1v) is 5.62. The third-order valence-electron chi connectivity index (χ3n) is 2.30. The standard InChI is InChI=1S/C12H13N.C2H6/c1-9(2)10-5-3-7-12-11(10)6-4-8-13-12;1-2/h3-9H,1-2H3;1-2H3. The highest BCUT2D eigenvalue weighted by molar-refractivity contribution is 5.82. The van der Waals surface area contributed by atoms with Gasteiger partial charge in [-0.1, -0.05) is 45.9 Å². The fourth-order valence-corrected chi connectivity index (χ4v) is 1.63. The highest BCUT2D eigenvalue weighted by Gasteiger charge is 2.03. The zero-order valence-corrected chi connectivity index (χ0v) is 9.99. The zero-order chi connectivity index (χ0) is 11.3. The highest BCUT2D eigenvalue weighted by atomic mass is 14.6. The van der Waals surface area contributed by atoms with Crippen molar-refractivity contribution in [3.8, 4) is 0 Å². The molecule has 0 radical (unpaired) electrons. The second kappa shape index (κ2) is 5.50. The molecule has 0 amide bonds. The predicted octanol–water partition coefficient (Wildman–Crippen LogP) is 4.38. The van der Waals surface area contributed by atoms with Crippen molar-refractivity contribution in [1.82, 2.24) is 4.98 Å². The Morgan fingerprint density at radius 1 is 1.00 bits per heavy atom. The molecule has 0 aliphatic rings. The van der Waals surface area contributed by atoms with Crippen LogP contribution in [0, 0.1) is 0 Å². The molecule has 80 valence electrons. The Bertz CT molecular complexity index is 413. The maximum atomic E-state index is 4.32. The lowest BCUT2D eigenvalue weighted by Crippen LogP contribution is -1.89. The van der Waals surface area contributed by atoms with Gasteiger partial charge in [-0.05, 0) is 23.6 Å². The molecule has 15 heavy (non-hydrogen) atoms. The van der Waals surface area contributed by atoms with Crippen molar-refractivity contribution in [3.05, 3.63) is 42.1 Å². The van der Waals surface area contributed by atoms with Crippen LogP contribution < -0.4 is 0 Å². The van der Waals surface area contributed by atoms with E-state index in [4.69, 9.17) is 0 Å². The van der Waals surface area contributed by atoms with E-state index in [1.807, 2.05) is 26.1 Å². The van der Waals surface area contributed by atoms with Gasteiger partial charge in [0.25, 0.3) is 0 Å². The minimum absolute atomic E-state index is 0.563. The second-order valence-electron chi connectivity index (χ2n) is 3.57. The van der Waals surface area contributed by atoms with Crippen molar-refractivity contribution in [2.45, 2.75) is 33.6 Å². The molecular formula is C14H19N. The number of nitrogens with zero attached hydrogens (tertiary/aromatic N) is 1. The van der Waals surface area contributed by atoms with Gasteiger partial charge in [0.05, 0.1) is 5.52 Å². The van der Waals surface area contributed by atoms with Gasteiger partial charge >= 0.3 is 0 Å². The lowest BCUT2D eigenvalue weighted by atomic mass is 9.98. The molecule has 1 heterocycles. The molecular weight excluding hydrogens is 182 g/mol. The van der Waals surface area contributed by atoms with E-state index in [1.54, 1.807) is 0 Å². The van der Waals surface area contributed by atoms with Crippen molar-refractivity contribution in [2.75, 3.05) is 0 Å². The fourth-order valence-electron chi connectivity index (χ4n) is 1.63. The molecule has 0 fully saturated rings. The molecule has 2 aromatic rings. The normalized spacial score (nSPS) is 9.93. The van der Waals surface area contributed by atoms with Gasteiger partial charge in [-0.15, -0.1) is 0 Å². The van der Waals surface area contributed by atoms with E-state index in [9.17, 15) is 0 Å². The predicted molar refractivity (Wildman–Crippen MR) is 67.2 cm³/mol. The molecule has 0 N–H and O–H groups in total. The maximum absolute atomic E-state index is 4.32. The number of fused-ring (bicyclic) bond motifs is 1. The Hall–Kier alpha value is -1.37. The van der Waals surface area contributed by atoms with E-state index in [1.165, 1.54) is 10.9 Å². The van der Waals surface area contributed by atoms with Crippen molar-refractivity contribution >= 4 is 10.9 Å². The summed E-state index contributed by atoms with van der Waals surface area (Å²) in [5.41, 5.74) is 2.47. The molecule has 0 atom stereocenters. The van der Waals surface area contributed by atoms with Gasteiger partial charge in [0.2, 0.25) is 0 Å². The van der Waals surface area contributed by atoms with Gasteiger partial charge in [-0.3, -0.25) is 4.98 Å². The first-order valence-electron chi connectivity index (χ1n) is 5.62. The summed E-state index contributed by atoms with van der Waals surface area (Å²) in [5, 5.41) is 1.28. The minimum Gasteiger partial charge on any atom is -0.256 e. The van der Waals surface area contributed by atoms with Crippen molar-refractivity contribution < 1.29 is 0 Å². The summed E-state index contributed by atoms with van der Waals surface area (Å²) in [7, 11) is 0. The average molecular weight is 201 g/mol. The monoisotopic (exact) mass is 201 g/mol. The Kier molecular flexibility index (Phi) is 4.29. The summed E-state index contributed by atoms with van der Waals surface area (Å²) >= 11 is 0. The smallest absolute Gasteiger partial charge is 0.0704 e. The van der Waals surface area contributed by atoms with Gasteiger partial charge in [-0.25, -0.2) is 0 Å². The molecule has 0 aliphatic heterocycles. The van der Waals surface area contributed by atoms with E-state index >= 15 is 0 Å². The lowest BCUT2D eigenvalue weighted by molar-refractivity contribution is 0.876. The molecule has 0 saturated carbocycles. The van der Waals surface area contributed by atoms with Crippen molar-refractivity contribution in [2.24, 2.45) is 0 Å². The SMILES string of the molecule is CC.CC(C)c1cccc2ncccc12. The van der Waals surface area contributed by atoms with E-state index in [0.717, 1.165) is 5.52 Å². The summed E-state index contributed by atoms with van der Waals surface area (Å²) in [4.78, 5) is 4.32. The third kappa shape index (κ3) is 2.56. The van der Waals surface area contributed by atoms with Crippen LogP contribution in [-0.4, -0.2) is 4.98 Å². The molecule has 0 aliphatic carbocycles. The van der Waals surface area contributed by atoms with Crippen LogP contribution in [0.4, 0.5) is 0 Å². The lowest BCUT2D eigenvalue weighted by Gasteiger charge is -2.08. The van der Waals surface area contributed by atoms with Gasteiger partial charge in [0, 0.05) is 11.6 Å². The molecule has 0 saturated heterocycles. The van der Waals surface area contributed by atoms with Gasteiger partial charge in [0.15, 0.2) is 0 Å².